The maximum Gasteiger partial charge on any atom is 0.177 e. The number of fused-ring (bicyclic) bond motifs is 1. The predicted octanol–water partition coefficient (Wildman–Crippen LogP) is 2.59. The summed E-state index contributed by atoms with van der Waals surface area (Å²) in [6, 6.07) is 6.89. The van der Waals surface area contributed by atoms with Crippen LogP contribution in [0.25, 0.3) is 10.6 Å². The Morgan fingerprint density at radius 1 is 1.45 bits per heavy atom. The number of hydrogen-bond donors (Lipinski definition) is 1. The molecule has 2 aliphatic rings. The Morgan fingerprint density at radius 3 is 3.30 bits per heavy atom. The monoisotopic (exact) mass is 289 g/mol. The molecule has 4 rings (SSSR count). The van der Waals surface area contributed by atoms with Crippen LogP contribution in [0, 0.1) is 5.92 Å². The molecule has 2 atom stereocenters. The molecule has 4 heterocycles. The fourth-order valence-corrected chi connectivity index (χ4v) is 4.09. The van der Waals surface area contributed by atoms with Crippen LogP contribution in [0.1, 0.15) is 18.5 Å². The van der Waals surface area contributed by atoms with Gasteiger partial charge < -0.3 is 9.84 Å². The van der Waals surface area contributed by atoms with Gasteiger partial charge in [-0.05, 0) is 36.8 Å². The lowest BCUT2D eigenvalue weighted by Gasteiger charge is -2.24. The van der Waals surface area contributed by atoms with Crippen molar-refractivity contribution in [2.24, 2.45) is 5.92 Å². The summed E-state index contributed by atoms with van der Waals surface area (Å²) in [5.74, 6) is 1.72. The fourth-order valence-electron chi connectivity index (χ4n) is 3.42. The average molecular weight is 289 g/mol. The van der Waals surface area contributed by atoms with Gasteiger partial charge in [0.25, 0.3) is 0 Å². The van der Waals surface area contributed by atoms with Crippen LogP contribution in [-0.4, -0.2) is 35.7 Å². The van der Waals surface area contributed by atoms with E-state index < -0.39 is 0 Å². The molecule has 106 valence electrons. The van der Waals surface area contributed by atoms with E-state index in [0.29, 0.717) is 6.04 Å². The maximum absolute atomic E-state index is 5.46. The molecule has 2 aromatic rings. The molecule has 2 unspecified atom stereocenters. The molecule has 0 bridgehead atoms. The zero-order valence-electron chi connectivity index (χ0n) is 11.4. The molecule has 2 aromatic heterocycles. The van der Waals surface area contributed by atoms with E-state index in [2.05, 4.69) is 32.9 Å². The van der Waals surface area contributed by atoms with Crippen LogP contribution in [0.4, 0.5) is 0 Å². The first-order chi connectivity index (χ1) is 9.88. The van der Waals surface area contributed by atoms with Gasteiger partial charge in [0.2, 0.25) is 0 Å². The zero-order valence-corrected chi connectivity index (χ0v) is 12.2. The van der Waals surface area contributed by atoms with Crippen molar-refractivity contribution in [3.8, 4) is 10.6 Å². The summed E-state index contributed by atoms with van der Waals surface area (Å²) in [4.78, 5) is 3.66. The molecular formula is C15H19N3OS. The van der Waals surface area contributed by atoms with Crippen molar-refractivity contribution in [2.75, 3.05) is 19.6 Å². The number of likely N-dealkylation sites (tertiary alicyclic amines) is 1. The first-order valence-electron chi connectivity index (χ1n) is 7.34. The number of nitrogens with one attached hydrogen (secondary N) is 1. The van der Waals surface area contributed by atoms with E-state index in [4.69, 9.17) is 4.52 Å². The minimum atomic E-state index is 0.687. The first kappa shape index (κ1) is 12.6. The molecule has 0 aliphatic carbocycles. The molecule has 0 saturated carbocycles. The van der Waals surface area contributed by atoms with Gasteiger partial charge in [0, 0.05) is 31.7 Å². The molecule has 0 amide bonds. The van der Waals surface area contributed by atoms with Crippen LogP contribution in [0.2, 0.25) is 0 Å². The summed E-state index contributed by atoms with van der Waals surface area (Å²) < 4.78 is 5.46. The Balaban J connectivity index is 1.42. The number of hydrogen-bond acceptors (Lipinski definition) is 5. The van der Waals surface area contributed by atoms with E-state index in [-0.39, 0.29) is 0 Å². The van der Waals surface area contributed by atoms with Crippen LogP contribution in [0.5, 0.6) is 0 Å². The second-order valence-corrected chi connectivity index (χ2v) is 6.76. The van der Waals surface area contributed by atoms with Gasteiger partial charge >= 0.3 is 0 Å². The lowest BCUT2D eigenvalue weighted by molar-refractivity contribution is 0.300. The predicted molar refractivity (Wildman–Crippen MR) is 79.6 cm³/mol. The van der Waals surface area contributed by atoms with Crippen molar-refractivity contribution in [1.82, 2.24) is 15.4 Å². The Hall–Kier alpha value is -1.17. The Bertz CT molecular complexity index is 551. The van der Waals surface area contributed by atoms with Crippen LogP contribution < -0.4 is 5.32 Å². The summed E-state index contributed by atoms with van der Waals surface area (Å²) in [6.45, 7) is 4.43. The normalized spacial score (nSPS) is 26.8. The number of nitrogens with zero attached hydrogens (tertiary/aromatic N) is 2. The molecular weight excluding hydrogens is 270 g/mol. The van der Waals surface area contributed by atoms with E-state index in [1.54, 1.807) is 11.3 Å². The maximum atomic E-state index is 5.46. The van der Waals surface area contributed by atoms with E-state index in [0.717, 1.165) is 35.3 Å². The summed E-state index contributed by atoms with van der Waals surface area (Å²) in [7, 11) is 0. The first-order valence-corrected chi connectivity index (χ1v) is 8.22. The number of thiophene rings is 1. The molecule has 0 radical (unpaired) electrons. The van der Waals surface area contributed by atoms with Gasteiger partial charge in [-0.3, -0.25) is 4.90 Å². The second-order valence-electron chi connectivity index (χ2n) is 5.82. The SMILES string of the molecule is c1csc(-c2cc(CN3CC4CCCNC4C3)no2)c1. The molecule has 4 nitrogen and oxygen atoms in total. The Kier molecular flexibility index (Phi) is 3.34. The highest BCUT2D eigenvalue weighted by Crippen LogP contribution is 2.28. The molecule has 2 aliphatic heterocycles. The molecule has 5 heteroatoms. The van der Waals surface area contributed by atoms with E-state index in [1.165, 1.54) is 25.9 Å². The van der Waals surface area contributed by atoms with E-state index in [9.17, 15) is 0 Å². The van der Waals surface area contributed by atoms with Crippen molar-refractivity contribution >= 4 is 11.3 Å². The number of piperidine rings is 1. The van der Waals surface area contributed by atoms with E-state index >= 15 is 0 Å². The van der Waals surface area contributed by atoms with Gasteiger partial charge in [-0.15, -0.1) is 11.3 Å². The van der Waals surface area contributed by atoms with Gasteiger partial charge in [-0.1, -0.05) is 11.2 Å². The van der Waals surface area contributed by atoms with Gasteiger partial charge in [-0.2, -0.15) is 0 Å². The van der Waals surface area contributed by atoms with Crippen molar-refractivity contribution in [3.63, 3.8) is 0 Å². The molecule has 2 saturated heterocycles. The standard InChI is InChI=1S/C15H19N3OS/c1-3-11-8-18(10-13(11)16-5-1)9-12-7-14(19-17-12)15-4-2-6-20-15/h2,4,6-7,11,13,16H,1,3,5,8-10H2. The van der Waals surface area contributed by atoms with Crippen molar-refractivity contribution in [3.05, 3.63) is 29.3 Å². The third-order valence-corrected chi connectivity index (χ3v) is 5.27. The summed E-state index contributed by atoms with van der Waals surface area (Å²) in [6.07, 6.45) is 2.69. The van der Waals surface area contributed by atoms with Crippen LogP contribution in [-0.2, 0) is 6.54 Å². The second kappa shape index (κ2) is 5.31. The lowest BCUT2D eigenvalue weighted by Crippen LogP contribution is -2.40. The van der Waals surface area contributed by atoms with Crippen LogP contribution in [0.15, 0.2) is 28.1 Å². The Morgan fingerprint density at radius 2 is 2.45 bits per heavy atom. The number of aromatic nitrogens is 1. The number of rotatable bonds is 3. The van der Waals surface area contributed by atoms with Gasteiger partial charge in [0.15, 0.2) is 5.76 Å². The molecule has 2 fully saturated rings. The van der Waals surface area contributed by atoms with Gasteiger partial charge in [0.05, 0.1) is 10.6 Å². The van der Waals surface area contributed by atoms with Crippen molar-refractivity contribution < 1.29 is 4.52 Å². The minimum Gasteiger partial charge on any atom is -0.355 e. The highest BCUT2D eigenvalue weighted by Gasteiger charge is 2.34. The third-order valence-electron chi connectivity index (χ3n) is 4.38. The van der Waals surface area contributed by atoms with Gasteiger partial charge in [0.1, 0.15) is 0 Å². The molecule has 0 aromatic carbocycles. The molecule has 0 spiro atoms. The average Bonchev–Trinajstić information content (AvgIpc) is 3.18. The fraction of sp³-hybridized carbons (Fsp3) is 0.533. The summed E-state index contributed by atoms with van der Waals surface area (Å²) in [5.41, 5.74) is 1.05. The zero-order chi connectivity index (χ0) is 13.4. The highest BCUT2D eigenvalue weighted by atomic mass is 32.1. The largest absolute Gasteiger partial charge is 0.355 e. The molecule has 1 N–H and O–H groups in total. The third kappa shape index (κ3) is 2.41. The van der Waals surface area contributed by atoms with Crippen LogP contribution >= 0.6 is 11.3 Å². The summed E-state index contributed by atoms with van der Waals surface area (Å²) >= 11 is 1.69. The highest BCUT2D eigenvalue weighted by molar-refractivity contribution is 7.13. The quantitative estimate of drug-likeness (QED) is 0.943. The topological polar surface area (TPSA) is 41.3 Å². The molecule has 20 heavy (non-hydrogen) atoms. The van der Waals surface area contributed by atoms with Gasteiger partial charge in [-0.25, -0.2) is 0 Å². The van der Waals surface area contributed by atoms with E-state index in [1.807, 2.05) is 6.07 Å². The summed E-state index contributed by atoms with van der Waals surface area (Å²) in [5, 5.41) is 9.93. The van der Waals surface area contributed by atoms with Crippen LogP contribution in [0.3, 0.4) is 0 Å². The van der Waals surface area contributed by atoms with Crippen molar-refractivity contribution in [2.45, 2.75) is 25.4 Å². The lowest BCUT2D eigenvalue weighted by atomic mass is 9.94. The smallest absolute Gasteiger partial charge is 0.177 e. The Labute approximate surface area is 122 Å². The van der Waals surface area contributed by atoms with Crippen molar-refractivity contribution in [1.29, 1.82) is 0 Å². The minimum absolute atomic E-state index is 0.687.